The summed E-state index contributed by atoms with van der Waals surface area (Å²) in [7, 11) is -3.63. The number of para-hydroxylation sites is 1. The van der Waals surface area contributed by atoms with E-state index in [2.05, 4.69) is 9.80 Å². The zero-order chi connectivity index (χ0) is 17.7. The van der Waals surface area contributed by atoms with E-state index in [0.717, 1.165) is 44.2 Å². The van der Waals surface area contributed by atoms with Crippen molar-refractivity contribution in [1.29, 1.82) is 0 Å². The van der Waals surface area contributed by atoms with Crippen molar-refractivity contribution in [2.75, 3.05) is 44.2 Å². The Balaban J connectivity index is 1.45. The lowest BCUT2D eigenvalue weighted by molar-refractivity contribution is 0.200. The van der Waals surface area contributed by atoms with Crippen LogP contribution < -0.4 is 14.8 Å². The molecule has 0 radical (unpaired) electrons. The van der Waals surface area contributed by atoms with Gasteiger partial charge in [-0.2, -0.15) is 0 Å². The van der Waals surface area contributed by atoms with Crippen LogP contribution in [0.3, 0.4) is 0 Å². The van der Waals surface area contributed by atoms with Crippen molar-refractivity contribution in [3.63, 3.8) is 0 Å². The van der Waals surface area contributed by atoms with Gasteiger partial charge in [-0.3, -0.25) is 4.90 Å². The molecule has 2 N–H and O–H groups in total. The lowest BCUT2D eigenvalue weighted by Crippen LogP contribution is -2.47. The molecule has 1 aliphatic rings. The summed E-state index contributed by atoms with van der Waals surface area (Å²) < 4.78 is 28.4. The summed E-state index contributed by atoms with van der Waals surface area (Å²) in [6.45, 7) is 5.28. The fraction of sp³-hybridized carbons (Fsp3) is 0.333. The van der Waals surface area contributed by atoms with Crippen LogP contribution in [0.15, 0.2) is 59.5 Å². The molecule has 1 heterocycles. The van der Waals surface area contributed by atoms with Gasteiger partial charge in [-0.05, 0) is 36.4 Å². The molecule has 0 saturated carbocycles. The molecule has 1 aliphatic heterocycles. The molecule has 3 rings (SSSR count). The minimum atomic E-state index is -3.63. The van der Waals surface area contributed by atoms with Gasteiger partial charge in [0, 0.05) is 38.4 Å². The highest BCUT2D eigenvalue weighted by molar-refractivity contribution is 7.89. The van der Waals surface area contributed by atoms with Crippen molar-refractivity contribution in [1.82, 2.24) is 4.90 Å². The largest absolute Gasteiger partial charge is 0.492 e. The highest BCUT2D eigenvalue weighted by atomic mass is 32.2. The van der Waals surface area contributed by atoms with Gasteiger partial charge in [0.05, 0.1) is 4.90 Å². The fourth-order valence-corrected chi connectivity index (χ4v) is 3.40. The van der Waals surface area contributed by atoms with Crippen molar-refractivity contribution in [3.8, 4) is 5.75 Å². The monoisotopic (exact) mass is 361 g/mol. The number of hydrogen-bond donors (Lipinski definition) is 1. The molecule has 6 nitrogen and oxygen atoms in total. The predicted octanol–water partition coefficient (Wildman–Crippen LogP) is 1.53. The van der Waals surface area contributed by atoms with Gasteiger partial charge >= 0.3 is 0 Å². The topological polar surface area (TPSA) is 75.9 Å². The van der Waals surface area contributed by atoms with Crippen LogP contribution in [0, 0.1) is 0 Å². The summed E-state index contributed by atoms with van der Waals surface area (Å²) in [6, 6.07) is 16.6. The normalized spacial score (nSPS) is 16.0. The molecule has 0 aromatic heterocycles. The first-order chi connectivity index (χ1) is 12.0. The molecule has 0 amide bonds. The van der Waals surface area contributed by atoms with Crippen molar-refractivity contribution in [3.05, 3.63) is 54.6 Å². The lowest BCUT2D eigenvalue weighted by Gasteiger charge is -2.36. The second-order valence-corrected chi connectivity index (χ2v) is 7.59. The zero-order valence-corrected chi connectivity index (χ0v) is 14.9. The Morgan fingerprint density at radius 3 is 2.16 bits per heavy atom. The SMILES string of the molecule is NS(=O)(=O)c1ccc(N2CCN(CCOc3ccccc3)CC2)cc1. The van der Waals surface area contributed by atoms with Gasteiger partial charge in [0.15, 0.2) is 0 Å². The Morgan fingerprint density at radius 2 is 1.56 bits per heavy atom. The van der Waals surface area contributed by atoms with Crippen LogP contribution >= 0.6 is 0 Å². The summed E-state index contributed by atoms with van der Waals surface area (Å²) in [5.74, 6) is 0.899. The second-order valence-electron chi connectivity index (χ2n) is 6.03. The zero-order valence-electron chi connectivity index (χ0n) is 14.0. The van der Waals surface area contributed by atoms with E-state index in [0.29, 0.717) is 6.61 Å². The first-order valence-electron chi connectivity index (χ1n) is 8.30. The Kier molecular flexibility index (Phi) is 5.57. The Bertz CT molecular complexity index is 771. The van der Waals surface area contributed by atoms with E-state index in [9.17, 15) is 8.42 Å². The van der Waals surface area contributed by atoms with Gasteiger partial charge in [-0.25, -0.2) is 13.6 Å². The van der Waals surface area contributed by atoms with Crippen molar-refractivity contribution >= 4 is 15.7 Å². The maximum atomic E-state index is 11.3. The van der Waals surface area contributed by atoms with E-state index in [1.807, 2.05) is 42.5 Å². The third kappa shape index (κ3) is 4.94. The van der Waals surface area contributed by atoms with Crippen LogP contribution in [0.1, 0.15) is 0 Å². The number of nitrogens with zero attached hydrogens (tertiary/aromatic N) is 2. The van der Waals surface area contributed by atoms with Gasteiger partial charge in [0.25, 0.3) is 0 Å². The Morgan fingerprint density at radius 1 is 0.920 bits per heavy atom. The van der Waals surface area contributed by atoms with E-state index < -0.39 is 10.0 Å². The molecule has 0 bridgehead atoms. The third-order valence-corrected chi connectivity index (χ3v) is 5.25. The predicted molar refractivity (Wildman–Crippen MR) is 98.4 cm³/mol. The molecule has 0 atom stereocenters. The second kappa shape index (κ2) is 7.86. The summed E-state index contributed by atoms with van der Waals surface area (Å²) in [6.07, 6.45) is 0. The number of hydrogen-bond acceptors (Lipinski definition) is 5. The van der Waals surface area contributed by atoms with Crippen LogP contribution in [0.4, 0.5) is 5.69 Å². The molecular weight excluding hydrogens is 338 g/mol. The Hall–Kier alpha value is -2.09. The average molecular weight is 361 g/mol. The highest BCUT2D eigenvalue weighted by Crippen LogP contribution is 2.19. The van der Waals surface area contributed by atoms with Gasteiger partial charge in [-0.1, -0.05) is 18.2 Å². The van der Waals surface area contributed by atoms with Gasteiger partial charge < -0.3 is 9.64 Å². The van der Waals surface area contributed by atoms with Gasteiger partial charge in [0.2, 0.25) is 10.0 Å². The van der Waals surface area contributed by atoms with Crippen LogP contribution in [0.5, 0.6) is 5.75 Å². The first-order valence-corrected chi connectivity index (χ1v) is 9.85. The minimum absolute atomic E-state index is 0.146. The van der Waals surface area contributed by atoms with E-state index in [-0.39, 0.29) is 4.90 Å². The van der Waals surface area contributed by atoms with Crippen LogP contribution in [0.25, 0.3) is 0 Å². The highest BCUT2D eigenvalue weighted by Gasteiger charge is 2.17. The molecule has 134 valence electrons. The molecular formula is C18H23N3O3S. The number of benzene rings is 2. The van der Waals surface area contributed by atoms with E-state index in [4.69, 9.17) is 9.88 Å². The molecule has 2 aromatic rings. The van der Waals surface area contributed by atoms with E-state index in [1.54, 1.807) is 12.1 Å². The van der Waals surface area contributed by atoms with Crippen molar-refractivity contribution in [2.45, 2.75) is 4.90 Å². The minimum Gasteiger partial charge on any atom is -0.492 e. The number of nitrogens with two attached hydrogens (primary N) is 1. The molecule has 2 aromatic carbocycles. The van der Waals surface area contributed by atoms with Gasteiger partial charge in [-0.15, -0.1) is 0 Å². The molecule has 1 fully saturated rings. The summed E-state index contributed by atoms with van der Waals surface area (Å²) >= 11 is 0. The number of anilines is 1. The molecule has 0 spiro atoms. The molecule has 1 saturated heterocycles. The smallest absolute Gasteiger partial charge is 0.238 e. The number of rotatable bonds is 6. The molecule has 7 heteroatoms. The third-order valence-electron chi connectivity index (χ3n) is 4.32. The van der Waals surface area contributed by atoms with Crippen molar-refractivity contribution in [2.24, 2.45) is 5.14 Å². The molecule has 0 unspecified atom stereocenters. The van der Waals surface area contributed by atoms with Crippen molar-refractivity contribution < 1.29 is 13.2 Å². The number of piperazine rings is 1. The fourth-order valence-electron chi connectivity index (χ4n) is 2.89. The molecule has 25 heavy (non-hydrogen) atoms. The Labute approximate surface area is 148 Å². The number of ether oxygens (including phenoxy) is 1. The number of sulfonamides is 1. The van der Waals surface area contributed by atoms with E-state index >= 15 is 0 Å². The maximum absolute atomic E-state index is 11.3. The van der Waals surface area contributed by atoms with Crippen LogP contribution in [-0.4, -0.2) is 52.6 Å². The number of primary sulfonamides is 1. The van der Waals surface area contributed by atoms with Crippen LogP contribution in [0.2, 0.25) is 0 Å². The van der Waals surface area contributed by atoms with E-state index in [1.165, 1.54) is 0 Å². The standard InChI is InChI=1S/C18H23N3O3S/c19-25(22,23)18-8-6-16(7-9-18)21-12-10-20(11-13-21)14-15-24-17-4-2-1-3-5-17/h1-9H,10-15H2,(H2,19,22,23). The maximum Gasteiger partial charge on any atom is 0.238 e. The van der Waals surface area contributed by atoms with Gasteiger partial charge in [0.1, 0.15) is 12.4 Å². The molecule has 0 aliphatic carbocycles. The van der Waals surface area contributed by atoms with Crippen LogP contribution in [-0.2, 0) is 10.0 Å². The summed E-state index contributed by atoms with van der Waals surface area (Å²) in [4.78, 5) is 4.77. The lowest BCUT2D eigenvalue weighted by atomic mass is 10.2. The summed E-state index contributed by atoms with van der Waals surface area (Å²) in [5.41, 5.74) is 1.02. The average Bonchev–Trinajstić information content (AvgIpc) is 2.63. The quantitative estimate of drug-likeness (QED) is 0.845. The first kappa shape index (κ1) is 17.7. The summed E-state index contributed by atoms with van der Waals surface area (Å²) in [5, 5.41) is 5.13.